The molecule has 1 aliphatic rings. The third-order valence-corrected chi connectivity index (χ3v) is 7.20. The zero-order valence-corrected chi connectivity index (χ0v) is 26.6. The predicted molar refractivity (Wildman–Crippen MR) is 171 cm³/mol. The maximum absolute atomic E-state index is 12.4. The topological polar surface area (TPSA) is 164 Å². The highest BCUT2D eigenvalue weighted by molar-refractivity contribution is 6.37. The Hall–Kier alpha value is -4.96. The minimum atomic E-state index is -1.21. The number of halogens is 2. The zero-order chi connectivity index (χ0) is 33.2. The van der Waals surface area contributed by atoms with Crippen LogP contribution in [0.1, 0.15) is 42.1 Å². The average molecular weight is 669 g/mol. The maximum Gasteiger partial charge on any atom is 0.337 e. The second-order valence-corrected chi connectivity index (χ2v) is 10.6. The maximum atomic E-state index is 12.4. The van der Waals surface area contributed by atoms with Crippen LogP contribution in [0.2, 0.25) is 10.0 Å². The van der Waals surface area contributed by atoms with E-state index in [1.165, 1.54) is 13.3 Å². The van der Waals surface area contributed by atoms with Gasteiger partial charge in [-0.25, -0.2) is 9.59 Å². The van der Waals surface area contributed by atoms with Crippen molar-refractivity contribution in [2.45, 2.75) is 32.7 Å². The van der Waals surface area contributed by atoms with Gasteiger partial charge >= 0.3 is 12.0 Å². The van der Waals surface area contributed by atoms with E-state index in [1.807, 2.05) is 6.07 Å². The number of nitrogens with one attached hydrogen (secondary N) is 3. The fourth-order valence-corrected chi connectivity index (χ4v) is 5.13. The molecular formula is C32H31Cl2N5O7. The number of methoxy groups -OCH3 is 1. The smallest absolute Gasteiger partial charge is 0.337 e. The first-order valence-corrected chi connectivity index (χ1v) is 14.7. The largest absolute Gasteiger partial charge is 0.490 e. The van der Waals surface area contributed by atoms with Crippen molar-refractivity contribution in [3.05, 3.63) is 98.2 Å². The normalized spacial score (nSPS) is 15.0. The van der Waals surface area contributed by atoms with Crippen LogP contribution >= 0.6 is 23.2 Å². The molecule has 0 saturated heterocycles. The summed E-state index contributed by atoms with van der Waals surface area (Å²) in [6.45, 7) is 3.62. The van der Waals surface area contributed by atoms with E-state index in [9.17, 15) is 20.0 Å². The van der Waals surface area contributed by atoms with E-state index in [4.69, 9.17) is 42.1 Å². The van der Waals surface area contributed by atoms with Crippen LogP contribution in [0.15, 0.2) is 71.0 Å². The molecular weight excluding hydrogens is 637 g/mol. The van der Waals surface area contributed by atoms with E-state index in [-0.39, 0.29) is 34.6 Å². The van der Waals surface area contributed by atoms with Crippen LogP contribution in [0.4, 0.5) is 4.79 Å². The number of hydrogen-bond donors (Lipinski definition) is 4. The van der Waals surface area contributed by atoms with Crippen LogP contribution in [0.5, 0.6) is 17.2 Å². The molecule has 14 heteroatoms. The number of urea groups is 1. The van der Waals surface area contributed by atoms with Crippen molar-refractivity contribution >= 4 is 41.4 Å². The van der Waals surface area contributed by atoms with Crippen molar-refractivity contribution in [1.82, 2.24) is 16.1 Å². The number of allylic oxidation sites excluding steroid dienone is 1. The number of hydrogen-bond acceptors (Lipinski definition) is 10. The van der Waals surface area contributed by atoms with Crippen molar-refractivity contribution in [1.29, 1.82) is 5.26 Å². The summed E-state index contributed by atoms with van der Waals surface area (Å²) in [4.78, 5) is 24.6. The van der Waals surface area contributed by atoms with Gasteiger partial charge in [0.25, 0.3) is 0 Å². The van der Waals surface area contributed by atoms with Crippen LogP contribution in [0.25, 0.3) is 0 Å². The third kappa shape index (κ3) is 8.39. The highest BCUT2D eigenvalue weighted by Gasteiger charge is 2.32. The van der Waals surface area contributed by atoms with Crippen molar-refractivity contribution in [3.8, 4) is 23.3 Å². The second-order valence-electron chi connectivity index (χ2n) is 9.79. The molecule has 1 heterocycles. The lowest BCUT2D eigenvalue weighted by Crippen LogP contribution is -2.45. The molecule has 240 valence electrons. The van der Waals surface area contributed by atoms with E-state index < -0.39 is 24.3 Å². The highest BCUT2D eigenvalue weighted by atomic mass is 35.5. The summed E-state index contributed by atoms with van der Waals surface area (Å²) in [5, 5.41) is 29.5. The van der Waals surface area contributed by atoms with Crippen molar-refractivity contribution in [3.63, 3.8) is 0 Å². The number of ether oxygens (including phenoxy) is 4. The van der Waals surface area contributed by atoms with Crippen LogP contribution in [0, 0.1) is 11.3 Å². The van der Waals surface area contributed by atoms with Gasteiger partial charge in [-0.3, -0.25) is 5.43 Å². The summed E-state index contributed by atoms with van der Waals surface area (Å²) in [5.41, 5.74) is 5.48. The van der Waals surface area contributed by atoms with Gasteiger partial charge in [0, 0.05) is 11.3 Å². The quantitative estimate of drug-likeness (QED) is 0.0853. The molecule has 4 rings (SSSR count). The summed E-state index contributed by atoms with van der Waals surface area (Å²) >= 11 is 12.8. The fourth-order valence-electron chi connectivity index (χ4n) is 4.52. The lowest BCUT2D eigenvalue weighted by Gasteiger charge is -2.28. The number of aliphatic hydroxyl groups is 1. The highest BCUT2D eigenvalue weighted by Crippen LogP contribution is 2.36. The molecule has 0 unspecified atom stereocenters. The van der Waals surface area contributed by atoms with Gasteiger partial charge in [-0.05, 0) is 55.3 Å². The predicted octanol–water partition coefficient (Wildman–Crippen LogP) is 4.96. The molecule has 0 radical (unpaired) electrons. The number of esters is 1. The zero-order valence-electron chi connectivity index (χ0n) is 25.1. The molecule has 0 saturated carbocycles. The van der Waals surface area contributed by atoms with Gasteiger partial charge in [-0.15, -0.1) is 0 Å². The van der Waals surface area contributed by atoms with Gasteiger partial charge in [0.15, 0.2) is 23.5 Å². The number of carbonyl (C=O) groups excluding carboxylic acids is 2. The van der Waals surface area contributed by atoms with E-state index in [2.05, 4.69) is 27.2 Å². The van der Waals surface area contributed by atoms with E-state index in [1.54, 1.807) is 62.4 Å². The number of hydrazone groups is 1. The summed E-state index contributed by atoms with van der Waals surface area (Å²) < 4.78 is 22.2. The lowest BCUT2D eigenvalue weighted by atomic mass is 9.95. The number of benzene rings is 3. The third-order valence-electron chi connectivity index (χ3n) is 6.64. The summed E-state index contributed by atoms with van der Waals surface area (Å²) in [5.74, 6) is 0.339. The number of amides is 2. The van der Waals surface area contributed by atoms with Gasteiger partial charge in [-0.1, -0.05) is 47.5 Å². The number of rotatable bonds is 13. The Balaban J connectivity index is 1.37. The van der Waals surface area contributed by atoms with E-state index in [0.717, 1.165) is 0 Å². The number of carbonyl (C=O) groups is 2. The van der Waals surface area contributed by atoms with Gasteiger partial charge in [0.1, 0.15) is 13.2 Å². The molecule has 0 aliphatic carbocycles. The summed E-state index contributed by atoms with van der Waals surface area (Å²) in [6, 6.07) is 16.0. The lowest BCUT2D eigenvalue weighted by molar-refractivity contribution is -0.136. The molecule has 2 atom stereocenters. The van der Waals surface area contributed by atoms with Gasteiger partial charge in [0.05, 0.1) is 53.2 Å². The molecule has 3 aromatic carbocycles. The Labute approximate surface area is 275 Å². The van der Waals surface area contributed by atoms with E-state index in [0.29, 0.717) is 46.1 Å². The monoisotopic (exact) mass is 667 g/mol. The number of nitrogens with zero attached hydrogens (tertiary/aromatic N) is 2. The van der Waals surface area contributed by atoms with Gasteiger partial charge < -0.3 is 34.7 Å². The van der Waals surface area contributed by atoms with Gasteiger partial charge in [0.2, 0.25) is 0 Å². The molecule has 4 N–H and O–H groups in total. The first-order chi connectivity index (χ1) is 22.1. The standard InChI is InChI=1S/C32H31Cl2N5O7/c1-4-44-26-13-20(29-28(31(41)43-3)18(2)37-32(42)38-29)9-10-25(26)45-17-27(40)39-36-15-19-11-23(33)30(24(34)12-19)46-16-22-8-6-5-7-21(22)14-35/h5-13,15,27,29,39-40H,4,16-17H2,1-3H3,(H2,37,38,42)/b36-15-/t27-,29+/m0/s1. The van der Waals surface area contributed by atoms with Crippen molar-refractivity contribution < 1.29 is 33.6 Å². The molecule has 0 spiro atoms. The minimum absolute atomic E-state index is 0.109. The SMILES string of the molecule is CCOc1cc([C@H]2NC(=O)NC(C)=C2C(=O)OC)ccc1OC[C@H](O)N/N=C\c1cc(Cl)c(OCc2ccccc2C#N)c(Cl)c1. The Kier molecular flexibility index (Phi) is 11.7. The molecule has 12 nitrogen and oxygen atoms in total. The average Bonchev–Trinajstić information content (AvgIpc) is 3.03. The minimum Gasteiger partial charge on any atom is -0.490 e. The van der Waals surface area contributed by atoms with Crippen LogP contribution in [-0.2, 0) is 16.1 Å². The Morgan fingerprint density at radius 3 is 2.57 bits per heavy atom. The molecule has 46 heavy (non-hydrogen) atoms. The van der Waals surface area contributed by atoms with Crippen LogP contribution in [0.3, 0.4) is 0 Å². The number of aliphatic hydroxyl groups excluding tert-OH is 1. The molecule has 0 fully saturated rings. The molecule has 3 aromatic rings. The molecule has 2 amide bonds. The van der Waals surface area contributed by atoms with Gasteiger partial charge in [-0.2, -0.15) is 10.4 Å². The molecule has 1 aliphatic heterocycles. The van der Waals surface area contributed by atoms with Crippen LogP contribution < -0.4 is 30.3 Å². The Bertz CT molecular complexity index is 1680. The Morgan fingerprint density at radius 2 is 1.87 bits per heavy atom. The first kappa shape index (κ1) is 33.9. The fraction of sp³-hybridized carbons (Fsp3) is 0.250. The molecule has 0 bridgehead atoms. The Morgan fingerprint density at radius 1 is 1.13 bits per heavy atom. The second kappa shape index (κ2) is 15.9. The first-order valence-electron chi connectivity index (χ1n) is 14.0. The van der Waals surface area contributed by atoms with Crippen molar-refractivity contribution in [2.24, 2.45) is 5.10 Å². The molecule has 0 aromatic heterocycles. The van der Waals surface area contributed by atoms with E-state index >= 15 is 0 Å². The van der Waals surface area contributed by atoms with Crippen LogP contribution in [-0.4, -0.2) is 49.9 Å². The number of nitriles is 1. The van der Waals surface area contributed by atoms with Crippen molar-refractivity contribution in [2.75, 3.05) is 20.3 Å². The summed E-state index contributed by atoms with van der Waals surface area (Å²) in [6.07, 6.45) is 0.206. The summed E-state index contributed by atoms with van der Waals surface area (Å²) in [7, 11) is 1.26.